The van der Waals surface area contributed by atoms with E-state index in [2.05, 4.69) is 15.3 Å². The number of aromatic nitrogens is 4. The van der Waals surface area contributed by atoms with Crippen LogP contribution < -0.4 is 15.7 Å². The van der Waals surface area contributed by atoms with Crippen molar-refractivity contribution < 1.29 is 9.47 Å². The van der Waals surface area contributed by atoms with Crippen molar-refractivity contribution in [3.8, 4) is 5.75 Å². The van der Waals surface area contributed by atoms with Crippen LogP contribution in [-0.2, 0) is 24.8 Å². The zero-order valence-corrected chi connectivity index (χ0v) is 16.9. The highest BCUT2D eigenvalue weighted by Gasteiger charge is 2.21. The van der Waals surface area contributed by atoms with Gasteiger partial charge >= 0.3 is 5.69 Å². The molecule has 29 heavy (non-hydrogen) atoms. The van der Waals surface area contributed by atoms with Gasteiger partial charge in [0.25, 0.3) is 0 Å². The van der Waals surface area contributed by atoms with E-state index in [0.717, 1.165) is 49.5 Å². The average molecular weight is 416 g/mol. The van der Waals surface area contributed by atoms with Crippen molar-refractivity contribution in [2.24, 2.45) is 13.0 Å². The molecule has 4 heterocycles. The summed E-state index contributed by atoms with van der Waals surface area (Å²) in [7, 11) is 1.75. The van der Waals surface area contributed by atoms with Gasteiger partial charge in [0, 0.05) is 39.3 Å². The highest BCUT2D eigenvalue weighted by molar-refractivity contribution is 6.33. The van der Waals surface area contributed by atoms with Gasteiger partial charge < -0.3 is 14.8 Å². The molecule has 2 aromatic heterocycles. The summed E-state index contributed by atoms with van der Waals surface area (Å²) in [4.78, 5) is 21.8. The van der Waals surface area contributed by atoms with E-state index >= 15 is 0 Å². The number of rotatable bonds is 4. The van der Waals surface area contributed by atoms with Crippen LogP contribution in [-0.4, -0.2) is 38.9 Å². The lowest BCUT2D eigenvalue weighted by Gasteiger charge is -2.22. The maximum absolute atomic E-state index is 12.8. The summed E-state index contributed by atoms with van der Waals surface area (Å²) in [6.45, 7) is 2.78. The fourth-order valence-corrected chi connectivity index (χ4v) is 4.21. The van der Waals surface area contributed by atoms with Crippen molar-refractivity contribution in [2.75, 3.05) is 25.1 Å². The summed E-state index contributed by atoms with van der Waals surface area (Å²) in [5.41, 5.74) is 3.09. The molecule has 0 saturated carbocycles. The number of anilines is 2. The molecule has 0 unspecified atom stereocenters. The Hall–Kier alpha value is -2.58. The van der Waals surface area contributed by atoms with Gasteiger partial charge in [0.15, 0.2) is 5.65 Å². The summed E-state index contributed by atoms with van der Waals surface area (Å²) < 4.78 is 14.3. The second kappa shape index (κ2) is 7.35. The Morgan fingerprint density at radius 1 is 1.28 bits per heavy atom. The largest absolute Gasteiger partial charge is 0.493 e. The molecule has 3 aromatic rings. The van der Waals surface area contributed by atoms with Crippen molar-refractivity contribution in [3.63, 3.8) is 0 Å². The molecule has 8 nitrogen and oxygen atoms in total. The van der Waals surface area contributed by atoms with Gasteiger partial charge in [-0.05, 0) is 30.4 Å². The predicted molar refractivity (Wildman–Crippen MR) is 110 cm³/mol. The monoisotopic (exact) mass is 415 g/mol. The van der Waals surface area contributed by atoms with Crippen molar-refractivity contribution >= 4 is 34.4 Å². The van der Waals surface area contributed by atoms with Crippen LogP contribution in [0.3, 0.4) is 0 Å². The molecule has 5 rings (SSSR count). The van der Waals surface area contributed by atoms with E-state index in [9.17, 15) is 4.79 Å². The molecule has 2 aliphatic rings. The minimum atomic E-state index is -0.0781. The molecule has 0 atom stereocenters. The van der Waals surface area contributed by atoms with Crippen molar-refractivity contribution in [2.45, 2.75) is 25.8 Å². The van der Waals surface area contributed by atoms with E-state index in [0.29, 0.717) is 41.2 Å². The number of benzene rings is 1. The molecule has 1 aromatic carbocycles. The van der Waals surface area contributed by atoms with Crippen LogP contribution in [0.25, 0.3) is 11.2 Å². The van der Waals surface area contributed by atoms with Crippen LogP contribution in [0.5, 0.6) is 5.75 Å². The Bertz CT molecular complexity index is 1130. The number of imidazole rings is 1. The standard InChI is InChI=1S/C20H22ClN5O3/c1-25-16-10-22-19(23-15-8-13-4-7-29-17(13)9-14(15)21)24-18(16)26(20(25)27)11-12-2-5-28-6-3-12/h8-10,12H,2-7,11H2,1H3,(H,22,23,24). The molecule has 1 saturated heterocycles. The minimum Gasteiger partial charge on any atom is -0.493 e. The SMILES string of the molecule is Cn1c(=O)n(CC2CCOCC2)c2nc(Nc3cc4c(cc3Cl)OCC4)ncc21. The van der Waals surface area contributed by atoms with Gasteiger partial charge in [-0.2, -0.15) is 4.98 Å². The smallest absolute Gasteiger partial charge is 0.330 e. The van der Waals surface area contributed by atoms with Gasteiger partial charge in [-0.25, -0.2) is 9.78 Å². The molecular weight excluding hydrogens is 394 g/mol. The summed E-state index contributed by atoms with van der Waals surface area (Å²) in [5.74, 6) is 1.64. The van der Waals surface area contributed by atoms with Gasteiger partial charge in [-0.15, -0.1) is 0 Å². The molecule has 1 N–H and O–H groups in total. The third-order valence-electron chi connectivity index (χ3n) is 5.69. The highest BCUT2D eigenvalue weighted by atomic mass is 35.5. The van der Waals surface area contributed by atoms with Crippen LogP contribution in [0.15, 0.2) is 23.1 Å². The Morgan fingerprint density at radius 3 is 2.93 bits per heavy atom. The molecule has 0 spiro atoms. The first kappa shape index (κ1) is 18.4. The van der Waals surface area contributed by atoms with Crippen LogP contribution in [0.4, 0.5) is 11.6 Å². The number of aryl methyl sites for hydroxylation is 1. The maximum Gasteiger partial charge on any atom is 0.330 e. The fraction of sp³-hybridized carbons (Fsp3) is 0.450. The molecule has 0 aliphatic carbocycles. The van der Waals surface area contributed by atoms with Crippen LogP contribution in [0.1, 0.15) is 18.4 Å². The maximum atomic E-state index is 12.8. The van der Waals surface area contributed by atoms with E-state index in [4.69, 9.17) is 21.1 Å². The Balaban J connectivity index is 1.49. The number of halogens is 1. The third kappa shape index (κ3) is 3.36. The molecule has 0 amide bonds. The zero-order valence-electron chi connectivity index (χ0n) is 16.2. The van der Waals surface area contributed by atoms with Crippen LogP contribution in [0, 0.1) is 5.92 Å². The highest BCUT2D eigenvalue weighted by Crippen LogP contribution is 2.35. The summed E-state index contributed by atoms with van der Waals surface area (Å²) in [5, 5.41) is 3.74. The lowest BCUT2D eigenvalue weighted by molar-refractivity contribution is 0.0612. The van der Waals surface area contributed by atoms with Crippen molar-refractivity contribution in [1.29, 1.82) is 0 Å². The lowest BCUT2D eigenvalue weighted by atomic mass is 10.0. The number of hydrogen-bond acceptors (Lipinski definition) is 6. The van der Waals surface area contributed by atoms with E-state index < -0.39 is 0 Å². The summed E-state index contributed by atoms with van der Waals surface area (Å²) in [6, 6.07) is 3.78. The molecule has 152 valence electrons. The topological polar surface area (TPSA) is 83.2 Å². The Kier molecular flexibility index (Phi) is 4.67. The number of hydrogen-bond donors (Lipinski definition) is 1. The third-order valence-corrected chi connectivity index (χ3v) is 6.00. The first-order valence-electron chi connectivity index (χ1n) is 9.82. The Labute approximate surface area is 172 Å². The van der Waals surface area contributed by atoms with Gasteiger partial charge in [0.2, 0.25) is 5.95 Å². The van der Waals surface area contributed by atoms with Crippen LogP contribution >= 0.6 is 11.6 Å². The normalized spacial score (nSPS) is 16.8. The van der Waals surface area contributed by atoms with E-state index in [1.807, 2.05) is 12.1 Å². The van der Waals surface area contributed by atoms with Gasteiger partial charge in [0.05, 0.1) is 23.5 Å². The van der Waals surface area contributed by atoms with Gasteiger partial charge in [-0.1, -0.05) is 11.6 Å². The van der Waals surface area contributed by atoms with Crippen molar-refractivity contribution in [3.05, 3.63) is 39.4 Å². The quantitative estimate of drug-likeness (QED) is 0.705. The molecule has 2 aliphatic heterocycles. The fourth-order valence-electron chi connectivity index (χ4n) is 4.01. The van der Waals surface area contributed by atoms with E-state index in [1.165, 1.54) is 0 Å². The predicted octanol–water partition coefficient (Wildman–Crippen LogP) is 2.89. The van der Waals surface area contributed by atoms with Crippen molar-refractivity contribution in [1.82, 2.24) is 19.1 Å². The van der Waals surface area contributed by atoms with Gasteiger partial charge in [-0.3, -0.25) is 9.13 Å². The minimum absolute atomic E-state index is 0.0781. The first-order chi connectivity index (χ1) is 14.1. The zero-order chi connectivity index (χ0) is 20.0. The average Bonchev–Trinajstić information content (AvgIpc) is 3.27. The molecular formula is C20H22ClN5O3. The number of ether oxygens (including phenoxy) is 2. The molecule has 0 bridgehead atoms. The molecule has 0 radical (unpaired) electrons. The second-order valence-electron chi connectivity index (χ2n) is 7.57. The summed E-state index contributed by atoms with van der Waals surface area (Å²) in [6.07, 6.45) is 4.43. The van der Waals surface area contributed by atoms with Gasteiger partial charge in [0.1, 0.15) is 11.3 Å². The Morgan fingerprint density at radius 2 is 2.10 bits per heavy atom. The van der Waals surface area contributed by atoms with E-state index in [-0.39, 0.29) is 5.69 Å². The van der Waals surface area contributed by atoms with E-state index in [1.54, 1.807) is 22.4 Å². The first-order valence-corrected chi connectivity index (χ1v) is 10.2. The number of nitrogens with zero attached hydrogens (tertiary/aromatic N) is 4. The van der Waals surface area contributed by atoms with Crippen LogP contribution in [0.2, 0.25) is 5.02 Å². The second-order valence-corrected chi connectivity index (χ2v) is 7.98. The lowest BCUT2D eigenvalue weighted by Crippen LogP contribution is -2.28. The number of nitrogens with one attached hydrogen (secondary N) is 1. The number of fused-ring (bicyclic) bond motifs is 2. The molecule has 1 fully saturated rings. The molecule has 9 heteroatoms. The summed E-state index contributed by atoms with van der Waals surface area (Å²) >= 11 is 6.40.